The molecule has 0 bridgehead atoms. The van der Waals surface area contributed by atoms with Crippen molar-refractivity contribution in [2.45, 2.75) is 6.92 Å². The highest BCUT2D eigenvalue weighted by Gasteiger charge is 2.18. The van der Waals surface area contributed by atoms with Crippen LogP contribution in [0.1, 0.15) is 15.9 Å². The zero-order valence-electron chi connectivity index (χ0n) is 10.5. The van der Waals surface area contributed by atoms with Gasteiger partial charge in [0.2, 0.25) is 0 Å². The molecule has 2 aromatic rings. The van der Waals surface area contributed by atoms with Crippen molar-refractivity contribution in [1.82, 2.24) is 0 Å². The summed E-state index contributed by atoms with van der Waals surface area (Å²) in [4.78, 5) is 21.3. The first-order chi connectivity index (χ1) is 9.40. The van der Waals surface area contributed by atoms with Crippen molar-refractivity contribution in [2.75, 3.05) is 0 Å². The molecule has 0 aliphatic carbocycles. The number of nitro benzene ring substituents is 1. The fourth-order valence-corrected chi connectivity index (χ4v) is 1.89. The Morgan fingerprint density at radius 3 is 2.45 bits per heavy atom. The fourth-order valence-electron chi connectivity index (χ4n) is 1.89. The number of carboxylic acid groups (broad SMARTS) is 1. The topological polar surface area (TPSA) is 80.4 Å². The third-order valence-corrected chi connectivity index (χ3v) is 2.86. The standard InChI is InChI=1S/C14H10FNO4/c1-8-2-4-10(13(15)6-8)12-7-9(16(19)20)3-5-11(12)14(17)18/h2-7H,1H3,(H,17,18). The molecule has 2 rings (SSSR count). The Labute approximate surface area is 113 Å². The van der Waals surface area contributed by atoms with Crippen molar-refractivity contribution >= 4 is 11.7 Å². The normalized spacial score (nSPS) is 10.3. The summed E-state index contributed by atoms with van der Waals surface area (Å²) < 4.78 is 13.9. The zero-order chi connectivity index (χ0) is 14.9. The van der Waals surface area contributed by atoms with Crippen LogP contribution in [0, 0.1) is 22.9 Å². The monoisotopic (exact) mass is 275 g/mol. The molecule has 0 fully saturated rings. The van der Waals surface area contributed by atoms with Gasteiger partial charge in [-0.3, -0.25) is 10.1 Å². The lowest BCUT2D eigenvalue weighted by Gasteiger charge is -2.08. The molecule has 0 radical (unpaired) electrons. The van der Waals surface area contributed by atoms with Crippen molar-refractivity contribution in [2.24, 2.45) is 0 Å². The summed E-state index contributed by atoms with van der Waals surface area (Å²) in [6, 6.07) is 7.53. The van der Waals surface area contributed by atoms with Crippen LogP contribution in [0.3, 0.4) is 0 Å². The van der Waals surface area contributed by atoms with Crippen molar-refractivity contribution in [3.8, 4) is 11.1 Å². The smallest absolute Gasteiger partial charge is 0.336 e. The van der Waals surface area contributed by atoms with E-state index in [9.17, 15) is 19.3 Å². The fraction of sp³-hybridized carbons (Fsp3) is 0.0714. The molecule has 0 amide bonds. The number of nitrogens with zero attached hydrogens (tertiary/aromatic N) is 1. The van der Waals surface area contributed by atoms with Crippen LogP contribution in [-0.2, 0) is 0 Å². The van der Waals surface area contributed by atoms with Crippen LogP contribution in [0.15, 0.2) is 36.4 Å². The number of carboxylic acids is 1. The van der Waals surface area contributed by atoms with E-state index in [-0.39, 0.29) is 22.4 Å². The molecule has 2 aromatic carbocycles. The van der Waals surface area contributed by atoms with Crippen molar-refractivity contribution in [3.05, 3.63) is 63.5 Å². The summed E-state index contributed by atoms with van der Waals surface area (Å²) in [5.41, 5.74) is 0.220. The Morgan fingerprint density at radius 1 is 1.20 bits per heavy atom. The van der Waals surface area contributed by atoms with E-state index in [1.165, 1.54) is 12.1 Å². The number of non-ortho nitro benzene ring substituents is 1. The molecule has 20 heavy (non-hydrogen) atoms. The number of halogens is 1. The van der Waals surface area contributed by atoms with Gasteiger partial charge in [-0.25, -0.2) is 9.18 Å². The van der Waals surface area contributed by atoms with Crippen LogP contribution in [0.4, 0.5) is 10.1 Å². The molecule has 0 saturated carbocycles. The van der Waals surface area contributed by atoms with Gasteiger partial charge in [0.15, 0.2) is 0 Å². The van der Waals surface area contributed by atoms with Crippen molar-refractivity contribution < 1.29 is 19.2 Å². The van der Waals surface area contributed by atoms with E-state index in [1.54, 1.807) is 13.0 Å². The van der Waals surface area contributed by atoms with Gasteiger partial charge in [-0.15, -0.1) is 0 Å². The Hall–Kier alpha value is -2.76. The van der Waals surface area contributed by atoms with Gasteiger partial charge < -0.3 is 5.11 Å². The number of nitro groups is 1. The Kier molecular flexibility index (Phi) is 3.47. The zero-order valence-corrected chi connectivity index (χ0v) is 10.5. The van der Waals surface area contributed by atoms with Crippen LogP contribution in [0.2, 0.25) is 0 Å². The highest BCUT2D eigenvalue weighted by atomic mass is 19.1. The van der Waals surface area contributed by atoms with E-state index in [4.69, 9.17) is 5.11 Å². The highest BCUT2D eigenvalue weighted by Crippen LogP contribution is 2.30. The summed E-state index contributed by atoms with van der Waals surface area (Å²) in [6.45, 7) is 1.69. The number of aromatic carboxylic acids is 1. The molecule has 0 aromatic heterocycles. The third kappa shape index (κ3) is 2.49. The first kappa shape index (κ1) is 13.7. The lowest BCUT2D eigenvalue weighted by molar-refractivity contribution is -0.384. The van der Waals surface area contributed by atoms with E-state index >= 15 is 0 Å². The molecule has 0 aliphatic heterocycles. The highest BCUT2D eigenvalue weighted by molar-refractivity contribution is 5.96. The van der Waals surface area contributed by atoms with Gasteiger partial charge in [0.1, 0.15) is 5.82 Å². The predicted octanol–water partition coefficient (Wildman–Crippen LogP) is 3.41. The van der Waals surface area contributed by atoms with Crippen molar-refractivity contribution in [1.29, 1.82) is 0 Å². The molecule has 0 unspecified atom stereocenters. The average Bonchev–Trinajstić information content (AvgIpc) is 2.37. The molecular weight excluding hydrogens is 265 g/mol. The minimum atomic E-state index is -1.27. The second-order valence-corrected chi connectivity index (χ2v) is 4.28. The molecule has 0 saturated heterocycles. The number of benzene rings is 2. The molecule has 102 valence electrons. The Balaban J connectivity index is 2.72. The van der Waals surface area contributed by atoms with Crippen molar-refractivity contribution in [3.63, 3.8) is 0 Å². The number of carbonyl (C=O) groups is 1. The summed E-state index contributed by atoms with van der Waals surface area (Å²) in [5.74, 6) is -1.89. The van der Waals surface area contributed by atoms with Gasteiger partial charge in [0, 0.05) is 23.3 Å². The van der Waals surface area contributed by atoms with Gasteiger partial charge in [-0.2, -0.15) is 0 Å². The SMILES string of the molecule is Cc1ccc(-c2cc([N+](=O)[O-])ccc2C(=O)O)c(F)c1. The summed E-state index contributed by atoms with van der Waals surface area (Å²) in [7, 11) is 0. The summed E-state index contributed by atoms with van der Waals surface area (Å²) in [5, 5.41) is 19.9. The van der Waals surface area contributed by atoms with Crippen LogP contribution in [0.5, 0.6) is 0 Å². The van der Waals surface area contributed by atoms with Gasteiger partial charge in [0.05, 0.1) is 10.5 Å². The quantitative estimate of drug-likeness (QED) is 0.687. The number of aryl methyl sites for hydroxylation is 1. The maximum Gasteiger partial charge on any atom is 0.336 e. The first-order valence-electron chi connectivity index (χ1n) is 5.68. The van der Waals surface area contributed by atoms with Gasteiger partial charge in [-0.05, 0) is 24.6 Å². The summed E-state index contributed by atoms with van der Waals surface area (Å²) >= 11 is 0. The van der Waals surface area contributed by atoms with Gasteiger partial charge in [0.25, 0.3) is 5.69 Å². The predicted molar refractivity (Wildman–Crippen MR) is 70.2 cm³/mol. The van der Waals surface area contributed by atoms with Crippen LogP contribution in [0.25, 0.3) is 11.1 Å². The van der Waals surface area contributed by atoms with E-state index in [1.807, 2.05) is 0 Å². The summed E-state index contributed by atoms with van der Waals surface area (Å²) in [6.07, 6.45) is 0. The van der Waals surface area contributed by atoms with E-state index in [2.05, 4.69) is 0 Å². The average molecular weight is 275 g/mol. The van der Waals surface area contributed by atoms with E-state index in [0.29, 0.717) is 5.56 Å². The maximum absolute atomic E-state index is 13.9. The third-order valence-electron chi connectivity index (χ3n) is 2.86. The Morgan fingerprint density at radius 2 is 1.90 bits per heavy atom. The Bertz CT molecular complexity index is 712. The van der Waals surface area contributed by atoms with Gasteiger partial charge >= 0.3 is 5.97 Å². The maximum atomic E-state index is 13.9. The van der Waals surface area contributed by atoms with Crippen LogP contribution >= 0.6 is 0 Å². The first-order valence-corrected chi connectivity index (χ1v) is 5.68. The number of hydrogen-bond donors (Lipinski definition) is 1. The molecule has 0 heterocycles. The number of rotatable bonds is 3. The molecule has 6 heteroatoms. The molecular formula is C14H10FNO4. The molecule has 0 spiro atoms. The van der Waals surface area contributed by atoms with Crippen LogP contribution in [-0.4, -0.2) is 16.0 Å². The number of hydrogen-bond acceptors (Lipinski definition) is 3. The minimum Gasteiger partial charge on any atom is -0.478 e. The van der Waals surface area contributed by atoms with Gasteiger partial charge in [-0.1, -0.05) is 12.1 Å². The molecule has 0 atom stereocenters. The molecule has 5 nitrogen and oxygen atoms in total. The van der Waals surface area contributed by atoms with E-state index < -0.39 is 16.7 Å². The minimum absolute atomic E-state index is 0.01000. The van der Waals surface area contributed by atoms with Crippen LogP contribution < -0.4 is 0 Å². The molecule has 1 N–H and O–H groups in total. The molecule has 0 aliphatic rings. The van der Waals surface area contributed by atoms with E-state index in [0.717, 1.165) is 18.2 Å². The second kappa shape index (κ2) is 5.08. The second-order valence-electron chi connectivity index (χ2n) is 4.28. The lowest BCUT2D eigenvalue weighted by atomic mass is 9.97. The lowest BCUT2D eigenvalue weighted by Crippen LogP contribution is -2.02. The largest absolute Gasteiger partial charge is 0.478 e.